The Hall–Kier alpha value is -1.98. The Morgan fingerprint density at radius 2 is 0.907 bits per heavy atom. The van der Waals surface area contributed by atoms with Gasteiger partial charge in [-0.05, 0) is 41.9 Å². The zero-order valence-electron chi connectivity index (χ0n) is 32.4. The molecule has 0 spiro atoms. The summed E-state index contributed by atoms with van der Waals surface area (Å²) in [6, 6.07) is 0. The van der Waals surface area contributed by atoms with Crippen molar-refractivity contribution < 1.29 is 9.59 Å². The molecule has 0 aromatic carbocycles. The minimum atomic E-state index is -0.269. The highest BCUT2D eigenvalue weighted by atomic mass is 16.1. The molecule has 0 N–H and O–H groups in total. The van der Waals surface area contributed by atoms with E-state index in [1.807, 2.05) is 67.1 Å². The number of nitrogens with zero attached hydrogens (tertiary/aromatic N) is 4. The van der Waals surface area contributed by atoms with E-state index in [1.165, 1.54) is 5.71 Å². The number of ketones is 2. The predicted octanol–water partition coefficient (Wildman–Crippen LogP) is 9.93. The van der Waals surface area contributed by atoms with Gasteiger partial charge in [-0.15, -0.1) is 0 Å². The second-order valence-electron chi connectivity index (χ2n) is 16.9. The molecule has 0 aliphatic carbocycles. The number of hydrogen-bond donors (Lipinski definition) is 0. The fourth-order valence-corrected chi connectivity index (χ4v) is 2.13. The Morgan fingerprint density at radius 1 is 0.558 bits per heavy atom. The summed E-state index contributed by atoms with van der Waals surface area (Å²) in [5, 5.41) is 0. The molecule has 0 rings (SSSR count). The third-order valence-electron chi connectivity index (χ3n) is 4.64. The van der Waals surface area contributed by atoms with Crippen LogP contribution >= 0.6 is 0 Å². The van der Waals surface area contributed by atoms with E-state index in [0.29, 0.717) is 24.9 Å². The molecular weight excluding hydrogens is 532 g/mol. The Balaban J connectivity index is -0.000000239. The van der Waals surface area contributed by atoms with E-state index in [0.717, 1.165) is 13.1 Å². The van der Waals surface area contributed by atoms with Gasteiger partial charge in [-0.2, -0.15) is 0 Å². The van der Waals surface area contributed by atoms with Crippen LogP contribution in [0.4, 0.5) is 0 Å². The monoisotopic (exact) mass is 607 g/mol. The maximum absolute atomic E-state index is 11.4. The number of carbonyl (C=O) groups excluding carboxylic acids is 2. The predicted molar refractivity (Wildman–Crippen MR) is 196 cm³/mol. The highest BCUT2D eigenvalue weighted by molar-refractivity contribution is 5.86. The lowest BCUT2D eigenvalue weighted by molar-refractivity contribution is -0.124. The average Bonchev–Trinajstić information content (AvgIpc) is 2.75. The number of Topliss-reactive ketones (excluding diaryl/α,β-unsaturated/α-hetero) is 2. The average molecular weight is 607 g/mol. The van der Waals surface area contributed by atoms with Crippen molar-refractivity contribution in [3.8, 4) is 0 Å². The Morgan fingerprint density at radius 3 is 1.16 bits per heavy atom. The van der Waals surface area contributed by atoms with Crippen molar-refractivity contribution in [3.05, 3.63) is 0 Å². The number of carbonyl (C=O) groups is 2. The standard InChI is InChI=1S/C11H21NO.C10H19NO.C9H19N.C7H15N/c1-10(2,3)8-12-7-9(13)11(4,5)6;1-8(2)9(12)6-11-7-10(3,4)5;1-8(2)6-10-7-9(3,4)5;1-6(2)5-8-7(3)4/h8H,7H2,1-6H3;7-8H,6H2,1-5H3;7-8H,6H2,1-5H3;6H,5H2,1-4H3. The molecule has 6 heteroatoms. The Bertz CT molecular complexity index is 845. The molecule has 0 aliphatic heterocycles. The van der Waals surface area contributed by atoms with Gasteiger partial charge in [0, 0.05) is 48.8 Å². The van der Waals surface area contributed by atoms with Gasteiger partial charge in [0.1, 0.15) is 0 Å². The van der Waals surface area contributed by atoms with Gasteiger partial charge in [0.25, 0.3) is 0 Å². The van der Waals surface area contributed by atoms with Crippen LogP contribution in [0.2, 0.25) is 0 Å². The zero-order valence-corrected chi connectivity index (χ0v) is 32.4. The van der Waals surface area contributed by atoms with Gasteiger partial charge in [-0.3, -0.25) is 29.6 Å². The summed E-state index contributed by atoms with van der Waals surface area (Å²) in [6.07, 6.45) is 5.72. The van der Waals surface area contributed by atoms with Crippen LogP contribution in [-0.4, -0.2) is 62.1 Å². The van der Waals surface area contributed by atoms with E-state index < -0.39 is 0 Å². The lowest BCUT2D eigenvalue weighted by atomic mass is 9.91. The van der Waals surface area contributed by atoms with Gasteiger partial charge in [0.2, 0.25) is 0 Å². The first-order valence-electron chi connectivity index (χ1n) is 16.1. The fraction of sp³-hybridized carbons (Fsp3) is 0.838. The van der Waals surface area contributed by atoms with Crippen LogP contribution in [0, 0.1) is 39.4 Å². The molecule has 254 valence electrons. The SMILES string of the molecule is CC(C)(C)C=NCC(=O)C(C)(C)C.CC(C)=NCC(C)C.CC(C)C(=O)CN=CC(C)(C)C.CC(C)CN=CC(C)(C)C. The van der Waals surface area contributed by atoms with Gasteiger partial charge >= 0.3 is 0 Å². The van der Waals surface area contributed by atoms with Crippen LogP contribution in [0.25, 0.3) is 0 Å². The quantitative estimate of drug-likeness (QED) is 0.245. The minimum absolute atomic E-state index is 0.0676. The van der Waals surface area contributed by atoms with Gasteiger partial charge in [-0.25, -0.2) is 0 Å². The molecule has 0 aromatic rings. The third kappa shape index (κ3) is 50.0. The van der Waals surface area contributed by atoms with Crippen LogP contribution < -0.4 is 0 Å². The molecule has 0 radical (unpaired) electrons. The molecule has 6 nitrogen and oxygen atoms in total. The van der Waals surface area contributed by atoms with E-state index in [9.17, 15) is 9.59 Å². The lowest BCUT2D eigenvalue weighted by Gasteiger charge is -2.15. The second kappa shape index (κ2) is 23.4. The summed E-state index contributed by atoms with van der Waals surface area (Å²) in [4.78, 5) is 39.3. The van der Waals surface area contributed by atoms with Crippen molar-refractivity contribution in [1.82, 2.24) is 0 Å². The molecule has 0 atom stereocenters. The number of rotatable bonds is 9. The van der Waals surface area contributed by atoms with Gasteiger partial charge in [-0.1, -0.05) is 125 Å². The van der Waals surface area contributed by atoms with E-state index in [4.69, 9.17) is 0 Å². The molecule has 0 bridgehead atoms. The highest BCUT2D eigenvalue weighted by Crippen LogP contribution is 2.15. The summed E-state index contributed by atoms with van der Waals surface area (Å²) in [6.45, 7) is 43.8. The largest absolute Gasteiger partial charge is 0.297 e. The molecule has 0 amide bonds. The van der Waals surface area contributed by atoms with E-state index in [2.05, 4.69) is 110 Å². The van der Waals surface area contributed by atoms with Crippen LogP contribution in [0.15, 0.2) is 20.0 Å². The van der Waals surface area contributed by atoms with Crippen LogP contribution in [-0.2, 0) is 9.59 Å². The summed E-state index contributed by atoms with van der Waals surface area (Å²) >= 11 is 0. The van der Waals surface area contributed by atoms with Crippen LogP contribution in [0.1, 0.15) is 138 Å². The maximum Gasteiger partial charge on any atom is 0.159 e. The molecule has 43 heavy (non-hydrogen) atoms. The first-order valence-corrected chi connectivity index (χ1v) is 16.1. The summed E-state index contributed by atoms with van der Waals surface area (Å²) in [5.41, 5.74) is 1.30. The normalized spacial score (nSPS) is 12.6. The van der Waals surface area contributed by atoms with Crippen molar-refractivity contribution in [2.45, 2.75) is 138 Å². The molecule has 0 saturated carbocycles. The van der Waals surface area contributed by atoms with Gasteiger partial charge < -0.3 is 0 Å². The molecular formula is C37H74N4O2. The van der Waals surface area contributed by atoms with Crippen LogP contribution in [0.5, 0.6) is 0 Å². The summed E-state index contributed by atoms with van der Waals surface area (Å²) in [5.74, 6) is 1.87. The fourth-order valence-electron chi connectivity index (χ4n) is 2.13. The van der Waals surface area contributed by atoms with Crippen molar-refractivity contribution in [1.29, 1.82) is 0 Å². The molecule has 0 heterocycles. The van der Waals surface area contributed by atoms with E-state index in [1.54, 1.807) is 0 Å². The van der Waals surface area contributed by atoms with Crippen LogP contribution in [0.3, 0.4) is 0 Å². The molecule has 0 aliphatic rings. The first-order chi connectivity index (χ1) is 19.0. The number of aliphatic imine (C=N–C) groups is 4. The smallest absolute Gasteiger partial charge is 0.159 e. The second-order valence-corrected chi connectivity index (χ2v) is 16.9. The number of hydrogen-bond acceptors (Lipinski definition) is 6. The zero-order chi connectivity index (χ0) is 35.2. The first kappa shape index (κ1) is 47.9. The van der Waals surface area contributed by atoms with E-state index >= 15 is 0 Å². The Labute approximate surface area is 269 Å². The highest BCUT2D eigenvalue weighted by Gasteiger charge is 2.20. The van der Waals surface area contributed by atoms with E-state index in [-0.39, 0.29) is 39.1 Å². The topological polar surface area (TPSA) is 83.6 Å². The molecule has 0 unspecified atom stereocenters. The summed E-state index contributed by atoms with van der Waals surface area (Å²) in [7, 11) is 0. The molecule has 0 aromatic heterocycles. The minimum Gasteiger partial charge on any atom is -0.297 e. The lowest BCUT2D eigenvalue weighted by Crippen LogP contribution is -2.23. The van der Waals surface area contributed by atoms with Gasteiger partial charge in [0.15, 0.2) is 11.6 Å². The molecule has 0 fully saturated rings. The van der Waals surface area contributed by atoms with Crippen molar-refractivity contribution in [3.63, 3.8) is 0 Å². The van der Waals surface area contributed by atoms with Crippen molar-refractivity contribution in [2.75, 3.05) is 26.2 Å². The van der Waals surface area contributed by atoms with Crippen molar-refractivity contribution in [2.24, 2.45) is 59.4 Å². The Kier molecular flexibility index (Phi) is 26.1. The molecule has 0 saturated heterocycles. The third-order valence-corrected chi connectivity index (χ3v) is 4.64. The maximum atomic E-state index is 11.4. The van der Waals surface area contributed by atoms with Gasteiger partial charge in [0.05, 0.1) is 13.1 Å². The summed E-state index contributed by atoms with van der Waals surface area (Å²) < 4.78 is 0. The van der Waals surface area contributed by atoms with Crippen molar-refractivity contribution >= 4 is 35.9 Å².